The van der Waals surface area contributed by atoms with Crippen molar-refractivity contribution in [3.63, 3.8) is 0 Å². The number of fused-ring (bicyclic) bond motifs is 1. The molecule has 0 spiro atoms. The van der Waals surface area contributed by atoms with Crippen molar-refractivity contribution in [2.45, 2.75) is 20.0 Å². The van der Waals surface area contributed by atoms with E-state index >= 15 is 0 Å². The highest BCUT2D eigenvalue weighted by Gasteiger charge is 2.33. The first-order valence-electron chi connectivity index (χ1n) is 9.24. The summed E-state index contributed by atoms with van der Waals surface area (Å²) < 4.78 is 40.8. The maximum absolute atomic E-state index is 13.0. The second kappa shape index (κ2) is 7.12. The van der Waals surface area contributed by atoms with Crippen molar-refractivity contribution in [1.29, 1.82) is 0 Å². The van der Waals surface area contributed by atoms with Gasteiger partial charge in [-0.25, -0.2) is 0 Å². The Morgan fingerprint density at radius 1 is 1.06 bits per heavy atom. The lowest BCUT2D eigenvalue weighted by molar-refractivity contribution is -0.384. The molecule has 6 nitrogen and oxygen atoms in total. The van der Waals surface area contributed by atoms with Crippen LogP contribution in [0.4, 0.5) is 24.5 Å². The highest BCUT2D eigenvalue weighted by atomic mass is 19.4. The van der Waals surface area contributed by atoms with E-state index in [4.69, 9.17) is 0 Å². The van der Waals surface area contributed by atoms with E-state index in [-0.39, 0.29) is 16.9 Å². The summed E-state index contributed by atoms with van der Waals surface area (Å²) in [5.74, 6) is -0.477. The third-order valence-electron chi connectivity index (χ3n) is 5.22. The number of non-ortho nitro benzene ring substituents is 1. The first kappa shape index (κ1) is 20.4. The van der Waals surface area contributed by atoms with Gasteiger partial charge in [-0.05, 0) is 55.8 Å². The topological polar surface area (TPSA) is 77.2 Å². The lowest BCUT2D eigenvalue weighted by atomic mass is 10.0. The van der Waals surface area contributed by atoms with Gasteiger partial charge in [-0.2, -0.15) is 13.2 Å². The average molecular weight is 427 g/mol. The Labute approximate surface area is 174 Å². The lowest BCUT2D eigenvalue weighted by Crippen LogP contribution is -2.06. The van der Waals surface area contributed by atoms with Crippen molar-refractivity contribution < 1.29 is 22.9 Å². The van der Waals surface area contributed by atoms with E-state index in [2.05, 4.69) is 5.32 Å². The van der Waals surface area contributed by atoms with E-state index in [1.54, 1.807) is 18.2 Å². The fourth-order valence-corrected chi connectivity index (χ4v) is 3.72. The van der Waals surface area contributed by atoms with Gasteiger partial charge in [0.2, 0.25) is 0 Å². The zero-order valence-corrected chi connectivity index (χ0v) is 16.4. The van der Waals surface area contributed by atoms with E-state index in [9.17, 15) is 28.1 Å². The number of rotatable bonds is 3. The van der Waals surface area contributed by atoms with E-state index in [1.165, 1.54) is 18.2 Å². The Bertz CT molecular complexity index is 1260. The van der Waals surface area contributed by atoms with E-state index in [1.807, 2.05) is 24.5 Å². The molecule has 158 valence electrons. The fraction of sp³-hybridized carbons (Fsp3) is 0.136. The number of hydrogen-bond donors (Lipinski definition) is 1. The van der Waals surface area contributed by atoms with Gasteiger partial charge >= 0.3 is 6.18 Å². The van der Waals surface area contributed by atoms with Gasteiger partial charge in [0.05, 0.1) is 10.5 Å². The zero-order valence-electron chi connectivity index (χ0n) is 16.4. The van der Waals surface area contributed by atoms with Gasteiger partial charge in [0.15, 0.2) is 0 Å². The molecule has 1 aliphatic heterocycles. The fourth-order valence-electron chi connectivity index (χ4n) is 3.72. The summed E-state index contributed by atoms with van der Waals surface area (Å²) in [6.07, 6.45) is -2.86. The molecule has 0 bridgehead atoms. The normalized spacial score (nSPS) is 14.6. The standard InChI is InChI=1S/C22H16F3N3O3/c1-12-9-14(13(2)27(12)16-4-6-17(7-5-16)28(30)31)10-19-18-8-3-15(22(23,24)25)11-20(18)26-21(19)29/h3-11H,1-2H3,(H,26,29)/b19-10+. The van der Waals surface area contributed by atoms with Gasteiger partial charge in [0.25, 0.3) is 11.6 Å². The van der Waals surface area contributed by atoms with Crippen LogP contribution in [0.2, 0.25) is 0 Å². The van der Waals surface area contributed by atoms with Crippen LogP contribution in [0.5, 0.6) is 0 Å². The maximum atomic E-state index is 13.0. The Balaban J connectivity index is 1.75. The van der Waals surface area contributed by atoms with Crippen LogP contribution in [-0.4, -0.2) is 15.4 Å². The molecule has 0 radical (unpaired) electrons. The third-order valence-corrected chi connectivity index (χ3v) is 5.22. The second-order valence-corrected chi connectivity index (χ2v) is 7.21. The quantitative estimate of drug-likeness (QED) is 0.340. The van der Waals surface area contributed by atoms with Gasteiger partial charge in [0.1, 0.15) is 0 Å². The molecule has 2 aromatic carbocycles. The number of halogens is 3. The molecule has 2 heterocycles. The van der Waals surface area contributed by atoms with Crippen molar-refractivity contribution >= 4 is 28.9 Å². The molecule has 1 aliphatic rings. The summed E-state index contributed by atoms with van der Waals surface area (Å²) in [7, 11) is 0. The van der Waals surface area contributed by atoms with Gasteiger partial charge in [-0.15, -0.1) is 0 Å². The molecular formula is C22H16F3N3O3. The van der Waals surface area contributed by atoms with Gasteiger partial charge < -0.3 is 9.88 Å². The zero-order chi connectivity index (χ0) is 22.5. The van der Waals surface area contributed by atoms with Crippen LogP contribution in [0, 0.1) is 24.0 Å². The summed E-state index contributed by atoms with van der Waals surface area (Å²) >= 11 is 0. The SMILES string of the molecule is Cc1cc(/C=C2/C(=O)Nc3cc(C(F)(F)F)ccc32)c(C)n1-c1ccc([N+](=O)[O-])cc1. The Morgan fingerprint density at radius 3 is 2.35 bits per heavy atom. The number of aromatic nitrogens is 1. The average Bonchev–Trinajstić information content (AvgIpc) is 3.16. The molecule has 0 aliphatic carbocycles. The van der Waals surface area contributed by atoms with Crippen molar-refractivity contribution in [2.24, 2.45) is 0 Å². The molecule has 1 aromatic heterocycles. The van der Waals surface area contributed by atoms with Crippen molar-refractivity contribution in [3.8, 4) is 5.69 Å². The smallest absolute Gasteiger partial charge is 0.321 e. The number of nitrogens with zero attached hydrogens (tertiary/aromatic N) is 2. The monoisotopic (exact) mass is 427 g/mol. The molecule has 3 aromatic rings. The molecule has 4 rings (SSSR count). The Kier molecular flexibility index (Phi) is 4.68. The van der Waals surface area contributed by atoms with Crippen molar-refractivity contribution in [1.82, 2.24) is 4.57 Å². The molecule has 0 atom stereocenters. The van der Waals surface area contributed by atoms with Gasteiger partial charge in [-0.1, -0.05) is 6.07 Å². The number of amides is 1. The molecule has 0 saturated carbocycles. The van der Waals surface area contributed by atoms with Crippen molar-refractivity contribution in [3.05, 3.63) is 86.7 Å². The lowest BCUT2D eigenvalue weighted by Gasteiger charge is -2.09. The van der Waals surface area contributed by atoms with Crippen molar-refractivity contribution in [2.75, 3.05) is 5.32 Å². The summed E-state index contributed by atoms with van der Waals surface area (Å²) in [5, 5.41) is 13.4. The van der Waals surface area contributed by atoms with Crippen LogP contribution >= 0.6 is 0 Å². The van der Waals surface area contributed by atoms with Crippen LogP contribution in [0.25, 0.3) is 17.3 Å². The second-order valence-electron chi connectivity index (χ2n) is 7.21. The van der Waals surface area contributed by atoms with E-state index in [0.717, 1.165) is 29.2 Å². The predicted octanol–water partition coefficient (Wildman–Crippen LogP) is 5.51. The number of hydrogen-bond acceptors (Lipinski definition) is 3. The molecule has 1 N–H and O–H groups in total. The van der Waals surface area contributed by atoms with Crippen LogP contribution in [0.3, 0.4) is 0 Å². The van der Waals surface area contributed by atoms with Crippen LogP contribution in [0.15, 0.2) is 48.5 Å². The number of carbonyl (C=O) groups excluding carboxylic acids is 1. The minimum Gasteiger partial charge on any atom is -0.321 e. The summed E-state index contributed by atoms with van der Waals surface area (Å²) in [6, 6.07) is 11.1. The highest BCUT2D eigenvalue weighted by Crippen LogP contribution is 2.39. The van der Waals surface area contributed by atoms with E-state index < -0.39 is 22.6 Å². The van der Waals surface area contributed by atoms with Gasteiger partial charge in [-0.3, -0.25) is 14.9 Å². The van der Waals surface area contributed by atoms with Crippen LogP contribution < -0.4 is 5.32 Å². The number of nitrogens with one attached hydrogen (secondary N) is 1. The number of aryl methyl sites for hydroxylation is 1. The molecule has 9 heteroatoms. The van der Waals surface area contributed by atoms with Crippen LogP contribution in [0.1, 0.15) is 28.1 Å². The number of carbonyl (C=O) groups is 1. The predicted molar refractivity (Wildman–Crippen MR) is 110 cm³/mol. The first-order valence-corrected chi connectivity index (χ1v) is 9.24. The molecule has 1 amide bonds. The number of nitro groups is 1. The number of nitro benzene ring substituents is 1. The summed E-state index contributed by atoms with van der Waals surface area (Å²) in [5.41, 5.74) is 3.00. The Morgan fingerprint density at radius 2 is 1.74 bits per heavy atom. The molecule has 0 fully saturated rings. The number of anilines is 1. The van der Waals surface area contributed by atoms with E-state index in [0.29, 0.717) is 11.1 Å². The molecule has 0 unspecified atom stereocenters. The van der Waals surface area contributed by atoms with Crippen LogP contribution in [-0.2, 0) is 11.0 Å². The molecule has 31 heavy (non-hydrogen) atoms. The first-order chi connectivity index (χ1) is 14.6. The minimum absolute atomic E-state index is 0.0222. The third kappa shape index (κ3) is 3.58. The summed E-state index contributed by atoms with van der Waals surface area (Å²) in [4.78, 5) is 22.8. The molecule has 0 saturated heterocycles. The minimum atomic E-state index is -4.50. The maximum Gasteiger partial charge on any atom is 0.416 e. The molecular weight excluding hydrogens is 411 g/mol. The number of benzene rings is 2. The number of alkyl halides is 3. The highest BCUT2D eigenvalue weighted by molar-refractivity contribution is 6.35. The summed E-state index contributed by atoms with van der Waals surface area (Å²) in [6.45, 7) is 3.69. The Hall–Kier alpha value is -3.88. The van der Waals surface area contributed by atoms with Gasteiger partial charge in [0, 0.05) is 46.0 Å². The largest absolute Gasteiger partial charge is 0.416 e.